The average molecular weight is 321 g/mol. The van der Waals surface area contributed by atoms with Crippen molar-refractivity contribution in [1.82, 2.24) is 15.0 Å². The largest absolute Gasteiger partial charge is 0.480 e. The van der Waals surface area contributed by atoms with E-state index in [1.165, 1.54) is 11.2 Å². The van der Waals surface area contributed by atoms with E-state index >= 15 is 0 Å². The molecule has 0 radical (unpaired) electrons. The number of hydrogen-bond acceptors (Lipinski definition) is 6. The van der Waals surface area contributed by atoms with Gasteiger partial charge in [-0.1, -0.05) is 19.0 Å². The summed E-state index contributed by atoms with van der Waals surface area (Å²) in [6, 6.07) is 3.42. The van der Waals surface area contributed by atoms with Gasteiger partial charge in [-0.05, 0) is 18.1 Å². The number of aliphatic carboxylic acids is 1. The molecule has 2 heterocycles. The summed E-state index contributed by atoms with van der Waals surface area (Å²) in [4.78, 5) is 28.5. The molecule has 0 aliphatic rings. The Labute approximate surface area is 133 Å². The minimum absolute atomic E-state index is 0.111. The van der Waals surface area contributed by atoms with Gasteiger partial charge in [-0.15, -0.1) is 0 Å². The second kappa shape index (κ2) is 7.57. The normalized spacial score (nSPS) is 10.9. The maximum atomic E-state index is 12.2. The van der Waals surface area contributed by atoms with Crippen LogP contribution in [0.1, 0.15) is 26.2 Å². The zero-order valence-corrected chi connectivity index (χ0v) is 13.1. The SMILES string of the molecule is CC(C)CN(CC(=O)O)C(=O)CCc1nc(-c2ccco2)no1. The number of hydrogen-bond donors (Lipinski definition) is 1. The summed E-state index contributed by atoms with van der Waals surface area (Å²) >= 11 is 0. The van der Waals surface area contributed by atoms with E-state index in [-0.39, 0.29) is 31.2 Å². The summed E-state index contributed by atoms with van der Waals surface area (Å²) in [5, 5.41) is 12.7. The number of aromatic nitrogens is 2. The quantitative estimate of drug-likeness (QED) is 0.789. The van der Waals surface area contributed by atoms with Gasteiger partial charge in [0.25, 0.3) is 0 Å². The van der Waals surface area contributed by atoms with Gasteiger partial charge in [0, 0.05) is 19.4 Å². The van der Waals surface area contributed by atoms with Gasteiger partial charge in [0.1, 0.15) is 6.54 Å². The van der Waals surface area contributed by atoms with Crippen molar-refractivity contribution in [1.29, 1.82) is 0 Å². The molecular weight excluding hydrogens is 302 g/mol. The van der Waals surface area contributed by atoms with Crippen LogP contribution in [0.25, 0.3) is 11.6 Å². The van der Waals surface area contributed by atoms with Gasteiger partial charge >= 0.3 is 5.97 Å². The van der Waals surface area contributed by atoms with Crippen LogP contribution < -0.4 is 0 Å². The lowest BCUT2D eigenvalue weighted by Crippen LogP contribution is -2.38. The van der Waals surface area contributed by atoms with Crippen molar-refractivity contribution in [2.24, 2.45) is 5.92 Å². The number of carbonyl (C=O) groups excluding carboxylic acids is 1. The standard InChI is InChI=1S/C15H19N3O5/c1-10(2)8-18(9-14(20)21)13(19)6-5-12-16-15(17-23-12)11-4-3-7-22-11/h3-4,7,10H,5-6,8-9H2,1-2H3,(H,20,21). The van der Waals surface area contributed by atoms with E-state index in [2.05, 4.69) is 10.1 Å². The maximum Gasteiger partial charge on any atom is 0.323 e. The van der Waals surface area contributed by atoms with Crippen LogP contribution in [0.3, 0.4) is 0 Å². The average Bonchev–Trinajstić information content (AvgIpc) is 3.13. The molecular formula is C15H19N3O5. The van der Waals surface area contributed by atoms with Crippen LogP contribution in [0.5, 0.6) is 0 Å². The van der Waals surface area contributed by atoms with Crippen LogP contribution in [-0.2, 0) is 16.0 Å². The van der Waals surface area contributed by atoms with Crippen molar-refractivity contribution in [3.8, 4) is 11.6 Å². The minimum atomic E-state index is -1.03. The second-order valence-corrected chi connectivity index (χ2v) is 5.55. The predicted molar refractivity (Wildman–Crippen MR) is 79.4 cm³/mol. The van der Waals surface area contributed by atoms with Crippen molar-refractivity contribution >= 4 is 11.9 Å². The molecule has 1 N–H and O–H groups in total. The molecule has 2 aromatic heterocycles. The van der Waals surface area contributed by atoms with Crippen molar-refractivity contribution in [2.75, 3.05) is 13.1 Å². The molecule has 0 saturated carbocycles. The van der Waals surface area contributed by atoms with Crippen LogP contribution in [0.15, 0.2) is 27.3 Å². The molecule has 124 valence electrons. The maximum absolute atomic E-state index is 12.2. The van der Waals surface area contributed by atoms with Crippen LogP contribution in [0, 0.1) is 5.92 Å². The van der Waals surface area contributed by atoms with Gasteiger partial charge in [-0.2, -0.15) is 4.98 Å². The first-order chi connectivity index (χ1) is 11.0. The first kappa shape index (κ1) is 16.7. The van der Waals surface area contributed by atoms with Gasteiger partial charge in [-0.25, -0.2) is 0 Å². The fourth-order valence-corrected chi connectivity index (χ4v) is 2.09. The van der Waals surface area contributed by atoms with E-state index in [1.807, 2.05) is 13.8 Å². The molecule has 8 heteroatoms. The molecule has 0 aliphatic carbocycles. The molecule has 0 aliphatic heterocycles. The Hall–Kier alpha value is -2.64. The monoisotopic (exact) mass is 321 g/mol. The predicted octanol–water partition coefficient (Wildman–Crippen LogP) is 1.83. The Morgan fingerprint density at radius 1 is 1.39 bits per heavy atom. The first-order valence-corrected chi connectivity index (χ1v) is 7.31. The number of aryl methyl sites for hydroxylation is 1. The second-order valence-electron chi connectivity index (χ2n) is 5.55. The number of carboxylic acids is 1. The Kier molecular flexibility index (Phi) is 5.51. The Bertz CT molecular complexity index is 648. The third-order valence-electron chi connectivity index (χ3n) is 3.03. The number of carbonyl (C=O) groups is 2. The lowest BCUT2D eigenvalue weighted by molar-refractivity contribution is -0.144. The Balaban J connectivity index is 1.93. The van der Waals surface area contributed by atoms with Crippen molar-refractivity contribution in [3.63, 3.8) is 0 Å². The van der Waals surface area contributed by atoms with E-state index < -0.39 is 5.97 Å². The molecule has 0 bridgehead atoms. The number of rotatable bonds is 8. The molecule has 0 saturated heterocycles. The van der Waals surface area contributed by atoms with E-state index in [9.17, 15) is 9.59 Å². The molecule has 0 atom stereocenters. The smallest absolute Gasteiger partial charge is 0.323 e. The van der Waals surface area contributed by atoms with Crippen LogP contribution in [-0.4, -0.2) is 45.1 Å². The zero-order chi connectivity index (χ0) is 16.8. The van der Waals surface area contributed by atoms with E-state index in [0.717, 1.165) is 0 Å². The highest BCUT2D eigenvalue weighted by molar-refractivity contribution is 5.81. The summed E-state index contributed by atoms with van der Waals surface area (Å²) in [5.74, 6) is 0.0215. The molecule has 0 aromatic carbocycles. The molecule has 2 aromatic rings. The fourth-order valence-electron chi connectivity index (χ4n) is 2.09. The molecule has 1 amide bonds. The van der Waals surface area contributed by atoms with Crippen molar-refractivity contribution in [3.05, 3.63) is 24.3 Å². The lowest BCUT2D eigenvalue weighted by atomic mass is 10.2. The molecule has 8 nitrogen and oxygen atoms in total. The van der Waals surface area contributed by atoms with Gasteiger partial charge in [0.05, 0.1) is 6.26 Å². The third-order valence-corrected chi connectivity index (χ3v) is 3.03. The Morgan fingerprint density at radius 2 is 2.17 bits per heavy atom. The van der Waals surface area contributed by atoms with Gasteiger partial charge < -0.3 is 18.9 Å². The highest BCUT2D eigenvalue weighted by Gasteiger charge is 2.19. The van der Waals surface area contributed by atoms with Gasteiger partial charge in [0.2, 0.25) is 17.6 Å². The van der Waals surface area contributed by atoms with Crippen LogP contribution in [0.4, 0.5) is 0 Å². The van der Waals surface area contributed by atoms with Gasteiger partial charge in [-0.3, -0.25) is 9.59 Å². The van der Waals surface area contributed by atoms with Crippen LogP contribution >= 0.6 is 0 Å². The molecule has 0 fully saturated rings. The summed E-state index contributed by atoms with van der Waals surface area (Å²) in [6.07, 6.45) is 1.87. The van der Waals surface area contributed by atoms with E-state index in [1.54, 1.807) is 12.1 Å². The fraction of sp³-hybridized carbons (Fsp3) is 0.467. The van der Waals surface area contributed by atoms with Gasteiger partial charge in [0.15, 0.2) is 5.76 Å². The molecule has 2 rings (SSSR count). The summed E-state index contributed by atoms with van der Waals surface area (Å²) in [6.45, 7) is 3.94. The summed E-state index contributed by atoms with van der Waals surface area (Å²) < 4.78 is 10.2. The van der Waals surface area contributed by atoms with E-state index in [0.29, 0.717) is 24.0 Å². The van der Waals surface area contributed by atoms with Crippen molar-refractivity contribution in [2.45, 2.75) is 26.7 Å². The topological polar surface area (TPSA) is 110 Å². The third kappa shape index (κ3) is 4.94. The highest BCUT2D eigenvalue weighted by Crippen LogP contribution is 2.16. The molecule has 0 spiro atoms. The molecule has 0 unspecified atom stereocenters. The number of amides is 1. The molecule has 23 heavy (non-hydrogen) atoms. The van der Waals surface area contributed by atoms with Crippen molar-refractivity contribution < 1.29 is 23.6 Å². The highest BCUT2D eigenvalue weighted by atomic mass is 16.5. The lowest BCUT2D eigenvalue weighted by Gasteiger charge is -2.22. The zero-order valence-electron chi connectivity index (χ0n) is 13.1. The number of carboxylic acid groups (broad SMARTS) is 1. The Morgan fingerprint density at radius 3 is 2.78 bits per heavy atom. The minimum Gasteiger partial charge on any atom is -0.480 e. The number of nitrogens with zero attached hydrogens (tertiary/aromatic N) is 3. The number of furan rings is 1. The summed E-state index contributed by atoms with van der Waals surface area (Å²) in [7, 11) is 0. The van der Waals surface area contributed by atoms with Crippen LogP contribution in [0.2, 0.25) is 0 Å². The first-order valence-electron chi connectivity index (χ1n) is 7.31. The summed E-state index contributed by atoms with van der Waals surface area (Å²) in [5.41, 5.74) is 0. The van der Waals surface area contributed by atoms with E-state index in [4.69, 9.17) is 14.0 Å².